The van der Waals surface area contributed by atoms with Crippen LogP contribution in [0.3, 0.4) is 0 Å². The summed E-state index contributed by atoms with van der Waals surface area (Å²) in [5.41, 5.74) is 1.75. The molecule has 3 heteroatoms. The first kappa shape index (κ1) is 13.3. The molecule has 0 amide bonds. The molecule has 19 heavy (non-hydrogen) atoms. The van der Waals surface area contributed by atoms with E-state index >= 15 is 0 Å². The minimum atomic E-state index is -0.0298. The van der Waals surface area contributed by atoms with E-state index in [0.717, 1.165) is 22.3 Å². The molecule has 1 N–H and O–H groups in total. The van der Waals surface area contributed by atoms with Crippen LogP contribution in [0.5, 0.6) is 0 Å². The number of nitrogens with zero attached hydrogens (tertiary/aromatic N) is 2. The van der Waals surface area contributed by atoms with Gasteiger partial charge in [-0.25, -0.2) is 4.98 Å². The molecule has 0 radical (unpaired) electrons. The smallest absolute Gasteiger partial charge is 0.135 e. The van der Waals surface area contributed by atoms with Gasteiger partial charge in [0, 0.05) is 24.0 Å². The summed E-state index contributed by atoms with van der Waals surface area (Å²) in [5.74, 6) is 0.793. The van der Waals surface area contributed by atoms with Crippen molar-refractivity contribution >= 4 is 16.7 Å². The number of para-hydroxylation sites is 1. The Bertz CT molecular complexity index is 582. The number of pyridine rings is 1. The zero-order valence-electron chi connectivity index (χ0n) is 10.9. The zero-order chi connectivity index (χ0) is 13.7. The standard InChI is InChI=1S/C16H18N2O/c1-3-9-18(10-4-2)16-14(12-19)11-13-7-5-6-8-15(13)17-16/h3-8,11,19H,1-2,9-10,12H2. The highest BCUT2D eigenvalue weighted by Crippen LogP contribution is 2.23. The number of anilines is 1. The molecule has 0 unspecified atom stereocenters. The Morgan fingerprint density at radius 2 is 1.84 bits per heavy atom. The summed E-state index contributed by atoms with van der Waals surface area (Å²) < 4.78 is 0. The maximum atomic E-state index is 9.54. The molecule has 0 spiro atoms. The molecule has 1 aromatic heterocycles. The van der Waals surface area contributed by atoms with Gasteiger partial charge in [-0.15, -0.1) is 13.2 Å². The Balaban J connectivity index is 2.55. The van der Waals surface area contributed by atoms with Crippen molar-refractivity contribution in [2.75, 3.05) is 18.0 Å². The molecule has 1 aromatic carbocycles. The van der Waals surface area contributed by atoms with Gasteiger partial charge in [0.15, 0.2) is 0 Å². The average molecular weight is 254 g/mol. The fourth-order valence-corrected chi connectivity index (χ4v) is 2.10. The summed E-state index contributed by atoms with van der Waals surface area (Å²) in [6.07, 6.45) is 3.64. The van der Waals surface area contributed by atoms with E-state index < -0.39 is 0 Å². The van der Waals surface area contributed by atoms with E-state index in [1.807, 2.05) is 47.4 Å². The van der Waals surface area contributed by atoms with Gasteiger partial charge in [0.05, 0.1) is 12.1 Å². The molecule has 0 aliphatic rings. The highest BCUT2D eigenvalue weighted by molar-refractivity contribution is 5.81. The Kier molecular flexibility index (Phi) is 4.31. The van der Waals surface area contributed by atoms with Crippen LogP contribution in [0.25, 0.3) is 10.9 Å². The van der Waals surface area contributed by atoms with Crippen molar-refractivity contribution in [2.24, 2.45) is 0 Å². The van der Waals surface area contributed by atoms with Crippen LogP contribution in [-0.2, 0) is 6.61 Å². The molecule has 0 atom stereocenters. The van der Waals surface area contributed by atoms with Gasteiger partial charge in [0.1, 0.15) is 5.82 Å². The van der Waals surface area contributed by atoms with Crippen molar-refractivity contribution in [1.29, 1.82) is 0 Å². The fraction of sp³-hybridized carbons (Fsp3) is 0.188. The molecular formula is C16H18N2O. The Labute approximate surface area is 113 Å². The second-order valence-corrected chi connectivity index (χ2v) is 4.30. The molecular weight excluding hydrogens is 236 g/mol. The van der Waals surface area contributed by atoms with E-state index in [4.69, 9.17) is 0 Å². The van der Waals surface area contributed by atoms with Crippen LogP contribution in [0.15, 0.2) is 55.6 Å². The van der Waals surface area contributed by atoms with Crippen LogP contribution in [0.4, 0.5) is 5.82 Å². The van der Waals surface area contributed by atoms with Gasteiger partial charge in [0.25, 0.3) is 0 Å². The molecule has 98 valence electrons. The minimum absolute atomic E-state index is 0.0298. The first-order valence-electron chi connectivity index (χ1n) is 6.26. The third-order valence-corrected chi connectivity index (χ3v) is 2.95. The number of aliphatic hydroxyl groups excluding tert-OH is 1. The van der Waals surface area contributed by atoms with Gasteiger partial charge >= 0.3 is 0 Å². The summed E-state index contributed by atoms with van der Waals surface area (Å²) >= 11 is 0. The maximum Gasteiger partial charge on any atom is 0.135 e. The molecule has 3 nitrogen and oxygen atoms in total. The number of hydrogen-bond acceptors (Lipinski definition) is 3. The predicted molar refractivity (Wildman–Crippen MR) is 80.3 cm³/mol. The van der Waals surface area contributed by atoms with Crippen LogP contribution in [0, 0.1) is 0 Å². The van der Waals surface area contributed by atoms with Crippen LogP contribution >= 0.6 is 0 Å². The predicted octanol–water partition coefficient (Wildman–Crippen LogP) is 2.91. The molecule has 1 heterocycles. The van der Waals surface area contributed by atoms with Gasteiger partial charge in [-0.1, -0.05) is 30.4 Å². The molecule has 0 saturated carbocycles. The summed E-state index contributed by atoms with van der Waals surface area (Å²) in [5, 5.41) is 10.6. The van der Waals surface area contributed by atoms with Crippen LogP contribution < -0.4 is 4.90 Å². The van der Waals surface area contributed by atoms with E-state index in [0.29, 0.717) is 13.1 Å². The highest BCUT2D eigenvalue weighted by Gasteiger charge is 2.11. The number of hydrogen-bond donors (Lipinski definition) is 1. The lowest BCUT2D eigenvalue weighted by Gasteiger charge is -2.23. The van der Waals surface area contributed by atoms with Crippen molar-refractivity contribution < 1.29 is 5.11 Å². The quantitative estimate of drug-likeness (QED) is 0.805. The van der Waals surface area contributed by atoms with E-state index in [1.165, 1.54) is 0 Å². The number of fused-ring (bicyclic) bond motifs is 1. The third kappa shape index (κ3) is 2.83. The molecule has 0 aliphatic heterocycles. The average Bonchev–Trinajstić information content (AvgIpc) is 2.45. The van der Waals surface area contributed by atoms with Crippen LogP contribution in [0.1, 0.15) is 5.56 Å². The lowest BCUT2D eigenvalue weighted by molar-refractivity contribution is 0.282. The Morgan fingerprint density at radius 1 is 1.16 bits per heavy atom. The normalized spacial score (nSPS) is 10.4. The fourth-order valence-electron chi connectivity index (χ4n) is 2.10. The molecule has 0 bridgehead atoms. The lowest BCUT2D eigenvalue weighted by atomic mass is 10.1. The number of rotatable bonds is 6. The second-order valence-electron chi connectivity index (χ2n) is 4.30. The SMILES string of the molecule is C=CCN(CC=C)c1nc2ccccc2cc1CO. The summed E-state index contributed by atoms with van der Waals surface area (Å²) in [6, 6.07) is 9.88. The van der Waals surface area contributed by atoms with Crippen molar-refractivity contribution in [1.82, 2.24) is 4.98 Å². The van der Waals surface area contributed by atoms with E-state index in [1.54, 1.807) is 0 Å². The minimum Gasteiger partial charge on any atom is -0.392 e. The number of aromatic nitrogens is 1. The van der Waals surface area contributed by atoms with E-state index in [-0.39, 0.29) is 6.61 Å². The van der Waals surface area contributed by atoms with E-state index in [2.05, 4.69) is 18.1 Å². The number of benzene rings is 1. The third-order valence-electron chi connectivity index (χ3n) is 2.95. The second kappa shape index (κ2) is 6.16. The van der Waals surface area contributed by atoms with Crippen molar-refractivity contribution in [3.05, 3.63) is 61.2 Å². The van der Waals surface area contributed by atoms with Crippen molar-refractivity contribution in [2.45, 2.75) is 6.61 Å². The lowest BCUT2D eigenvalue weighted by Crippen LogP contribution is -2.25. The van der Waals surface area contributed by atoms with Gasteiger partial charge in [-0.3, -0.25) is 0 Å². The maximum absolute atomic E-state index is 9.54. The van der Waals surface area contributed by atoms with Crippen molar-refractivity contribution in [3.8, 4) is 0 Å². The molecule has 2 aromatic rings. The monoisotopic (exact) mass is 254 g/mol. The Hall–Kier alpha value is -2.13. The van der Waals surface area contributed by atoms with Crippen LogP contribution in [-0.4, -0.2) is 23.2 Å². The molecule has 0 fully saturated rings. The summed E-state index contributed by atoms with van der Waals surface area (Å²) in [4.78, 5) is 6.69. The largest absolute Gasteiger partial charge is 0.392 e. The first-order valence-corrected chi connectivity index (χ1v) is 6.26. The van der Waals surface area contributed by atoms with Crippen molar-refractivity contribution in [3.63, 3.8) is 0 Å². The number of aliphatic hydroxyl groups is 1. The molecule has 0 saturated heterocycles. The first-order chi connectivity index (χ1) is 9.30. The van der Waals surface area contributed by atoms with Gasteiger partial charge in [-0.05, 0) is 12.1 Å². The summed E-state index contributed by atoms with van der Waals surface area (Å²) in [6.45, 7) is 8.83. The molecule has 2 rings (SSSR count). The van der Waals surface area contributed by atoms with Crippen LogP contribution in [0.2, 0.25) is 0 Å². The topological polar surface area (TPSA) is 36.4 Å². The van der Waals surface area contributed by atoms with Gasteiger partial charge < -0.3 is 10.0 Å². The highest BCUT2D eigenvalue weighted by atomic mass is 16.3. The zero-order valence-corrected chi connectivity index (χ0v) is 10.9. The van der Waals surface area contributed by atoms with Gasteiger partial charge in [0.2, 0.25) is 0 Å². The summed E-state index contributed by atoms with van der Waals surface area (Å²) in [7, 11) is 0. The van der Waals surface area contributed by atoms with E-state index in [9.17, 15) is 5.11 Å². The van der Waals surface area contributed by atoms with Gasteiger partial charge in [-0.2, -0.15) is 0 Å². The molecule has 0 aliphatic carbocycles. The Morgan fingerprint density at radius 3 is 2.47 bits per heavy atom.